The fourth-order valence-corrected chi connectivity index (χ4v) is 17.0. The fraction of sp³-hybridized carbons (Fsp3) is 1.00. The molecule has 0 saturated carbocycles. The topological polar surface area (TPSA) is 194 Å². The van der Waals surface area contributed by atoms with Crippen molar-refractivity contribution in [3.63, 3.8) is 0 Å². The first kappa shape index (κ1) is 30.7. The summed E-state index contributed by atoms with van der Waals surface area (Å²) in [5.41, 5.74) is 0. The first-order valence-corrected chi connectivity index (χ1v) is 20.9. The van der Waals surface area contributed by atoms with E-state index in [1.807, 2.05) is 0 Å². The summed E-state index contributed by atoms with van der Waals surface area (Å²) in [4.78, 5) is 39.2. The zero-order valence-electron chi connectivity index (χ0n) is 14.9. The van der Waals surface area contributed by atoms with Crippen molar-refractivity contribution < 1.29 is 60.9 Å². The molecule has 23 heteroatoms. The van der Waals surface area contributed by atoms with Crippen LogP contribution in [0.25, 0.3) is 0 Å². The summed E-state index contributed by atoms with van der Waals surface area (Å²) in [7, 11) is 0. The van der Waals surface area contributed by atoms with E-state index in [9.17, 15) is 34.4 Å². The first-order chi connectivity index (χ1) is 13.1. The van der Waals surface area contributed by atoms with Crippen LogP contribution in [0.15, 0.2) is 0 Å². The molecule has 0 radical (unpaired) electrons. The van der Waals surface area contributed by atoms with Crippen LogP contribution in [0.5, 0.6) is 0 Å². The highest BCUT2D eigenvalue weighted by atomic mass is 32.7. The van der Waals surface area contributed by atoms with Crippen LogP contribution in [0, 0.1) is 0 Å². The van der Waals surface area contributed by atoms with Crippen LogP contribution in [0.2, 0.25) is 0 Å². The Hall–Kier alpha value is 2.70. The molecule has 180 valence electrons. The predicted molar refractivity (Wildman–Crippen MR) is 125 cm³/mol. The molecule has 0 aromatic rings. The molecule has 1 rings (SSSR count). The molecule has 1 aliphatic rings. The maximum absolute atomic E-state index is 12.3. The van der Waals surface area contributed by atoms with Crippen LogP contribution in [0.4, 0.5) is 0 Å². The molecule has 0 aromatic heterocycles. The summed E-state index contributed by atoms with van der Waals surface area (Å²) < 4.78 is 40.6. The number of hydrogen-bond acceptors (Lipinski definition) is 13. The molecule has 0 amide bonds. The fourth-order valence-electron chi connectivity index (χ4n) is 1.89. The molecule has 9 unspecified atom stereocenters. The van der Waals surface area contributed by atoms with Gasteiger partial charge in [-0.15, -0.1) is 0 Å². The van der Waals surface area contributed by atoms with Gasteiger partial charge in [0, 0.05) is 6.66 Å². The smallest absolute Gasteiger partial charge is 0.388 e. The van der Waals surface area contributed by atoms with Gasteiger partial charge in [-0.05, 0) is 54.2 Å². The molecular weight excluding hydrogens is 607 g/mol. The number of ether oxygens (including phenoxy) is 1. The molecule has 0 spiro atoms. The highest BCUT2D eigenvalue weighted by Crippen LogP contribution is 2.76. The van der Waals surface area contributed by atoms with Gasteiger partial charge >= 0.3 is 27.0 Å². The van der Waals surface area contributed by atoms with Crippen molar-refractivity contribution in [2.24, 2.45) is 0 Å². The maximum atomic E-state index is 12.3. The summed E-state index contributed by atoms with van der Waals surface area (Å²) in [5.74, 6) is 0. The van der Waals surface area contributed by atoms with Gasteiger partial charge < -0.3 is 39.0 Å². The van der Waals surface area contributed by atoms with Crippen molar-refractivity contribution in [3.05, 3.63) is 0 Å². The van der Waals surface area contributed by atoms with Crippen LogP contribution in [0.3, 0.4) is 0 Å². The molecule has 0 aromatic carbocycles. The van der Waals surface area contributed by atoms with Crippen molar-refractivity contribution in [2.75, 3.05) is 13.3 Å². The Kier molecular flexibility index (Phi) is 11.4. The third kappa shape index (κ3) is 11.4. The second-order valence-electron chi connectivity index (χ2n) is 5.66. The van der Waals surface area contributed by atoms with E-state index in [2.05, 4.69) is 76.7 Å². The van der Waals surface area contributed by atoms with Gasteiger partial charge in [0.2, 0.25) is 0 Å². The van der Waals surface area contributed by atoms with Crippen molar-refractivity contribution in [2.45, 2.75) is 31.3 Å². The van der Waals surface area contributed by atoms with Gasteiger partial charge in [-0.2, -0.15) is 0 Å². The molecule has 1 saturated heterocycles. The Morgan fingerprint density at radius 2 is 1.37 bits per heavy atom. The Balaban J connectivity index is 2.73. The second-order valence-corrected chi connectivity index (χ2v) is 21.5. The van der Waals surface area contributed by atoms with Crippen molar-refractivity contribution in [3.8, 4) is 0 Å². The average molecular weight is 626 g/mol. The highest BCUT2D eigenvalue weighted by molar-refractivity contribution is 8.46. The minimum Gasteiger partial charge on any atom is -0.388 e. The number of hydrogen-bond donors (Lipinski definition) is 7. The zero-order chi connectivity index (χ0) is 23.8. The van der Waals surface area contributed by atoms with Crippen molar-refractivity contribution in [1.82, 2.24) is 0 Å². The van der Waals surface area contributed by atoms with E-state index in [-0.39, 0.29) is 0 Å². The van der Waals surface area contributed by atoms with Gasteiger partial charge in [-0.3, -0.25) is 4.31 Å². The number of aliphatic hydroxyl groups excluding tert-OH is 2. The lowest BCUT2D eigenvalue weighted by atomic mass is 10.1. The van der Waals surface area contributed by atoms with E-state index in [1.165, 1.54) is 6.92 Å². The lowest BCUT2D eigenvalue weighted by Crippen LogP contribution is -2.33. The Morgan fingerprint density at radius 3 is 1.80 bits per heavy atom. The maximum Gasteiger partial charge on any atom is 0.400 e. The van der Waals surface area contributed by atoms with Crippen LogP contribution in [-0.4, -0.2) is 67.5 Å². The standard InChI is InChI=1S/C7H19O13P5S5/c1-4-6(8)7(9)5(16-4)3-15-22(11,27)18-24(13,29)20-25(14,30)19-23(12,28)17-21(2,10)26/h4-9H,3H2,1-2H3,(H,10,26)(H,11,27)(H,12,28)(H,13,29)(H,14,30). The summed E-state index contributed by atoms with van der Waals surface area (Å²) in [6.45, 7) is -19.8. The van der Waals surface area contributed by atoms with Crippen LogP contribution >= 0.6 is 45.7 Å². The molecular formula is C7H19O13P5S5. The normalized spacial score (nSPS) is 34.8. The van der Waals surface area contributed by atoms with E-state index < -0.39 is 64.5 Å². The third-order valence-corrected chi connectivity index (χ3v) is 15.6. The zero-order valence-corrected chi connectivity index (χ0v) is 23.5. The van der Waals surface area contributed by atoms with Crippen LogP contribution in [-0.2, 0) is 78.3 Å². The number of thiol groups is 1. The van der Waals surface area contributed by atoms with Crippen molar-refractivity contribution >= 4 is 92.9 Å². The van der Waals surface area contributed by atoms with Crippen LogP contribution < -0.4 is 0 Å². The average Bonchev–Trinajstić information content (AvgIpc) is 2.65. The summed E-state index contributed by atoms with van der Waals surface area (Å²) >= 11 is 21.7. The van der Waals surface area contributed by atoms with E-state index in [0.29, 0.717) is 0 Å². The van der Waals surface area contributed by atoms with Gasteiger partial charge in [0.25, 0.3) is 0 Å². The molecule has 0 bridgehead atoms. The quantitative estimate of drug-likeness (QED) is 0.128. The molecule has 6 N–H and O–H groups in total. The minimum atomic E-state index is -4.77. The lowest BCUT2D eigenvalue weighted by molar-refractivity contribution is -0.0131. The van der Waals surface area contributed by atoms with E-state index >= 15 is 0 Å². The summed E-state index contributed by atoms with van der Waals surface area (Å²) in [6, 6.07) is 0. The molecule has 1 heterocycles. The largest absolute Gasteiger partial charge is 0.400 e. The van der Waals surface area contributed by atoms with Gasteiger partial charge in [0.1, 0.15) is 18.3 Å². The second kappa shape index (κ2) is 11.2. The van der Waals surface area contributed by atoms with Gasteiger partial charge in [-0.25, -0.2) is 17.5 Å². The molecule has 13 nitrogen and oxygen atoms in total. The number of aliphatic hydroxyl groups is 2. The van der Waals surface area contributed by atoms with E-state index in [0.717, 1.165) is 6.66 Å². The minimum absolute atomic E-state index is 0.559. The highest BCUT2D eigenvalue weighted by Gasteiger charge is 2.43. The number of rotatable bonds is 11. The Bertz CT molecular complexity index is 863. The Morgan fingerprint density at radius 1 is 0.900 bits per heavy atom. The molecule has 9 atom stereocenters. The predicted octanol–water partition coefficient (Wildman–Crippen LogP) is 1.20. The Labute approximate surface area is 197 Å². The third-order valence-electron chi connectivity index (χ3n) is 2.88. The molecule has 1 aliphatic heterocycles. The van der Waals surface area contributed by atoms with Crippen LogP contribution in [0.1, 0.15) is 6.92 Å². The van der Waals surface area contributed by atoms with E-state index in [1.54, 1.807) is 0 Å². The lowest BCUT2D eigenvalue weighted by Gasteiger charge is -2.26. The summed E-state index contributed by atoms with van der Waals surface area (Å²) in [5, 5.41) is 19.4. The monoisotopic (exact) mass is 626 g/mol. The van der Waals surface area contributed by atoms with Gasteiger partial charge in [0.15, 0.2) is 6.49 Å². The first-order valence-electron chi connectivity index (χ1n) is 7.27. The summed E-state index contributed by atoms with van der Waals surface area (Å²) in [6.07, 6.45) is -4.34. The molecule has 0 aliphatic carbocycles. The van der Waals surface area contributed by atoms with Gasteiger partial charge in [0.05, 0.1) is 12.7 Å². The molecule has 30 heavy (non-hydrogen) atoms. The molecule has 1 fully saturated rings. The SMILES string of the molecule is CC1OC(COP(O)(=S)OP(=O)(S)OP(O)(=S)OP(O)(=S)OP(C)(O)=S)C(O)C1O. The van der Waals surface area contributed by atoms with Gasteiger partial charge in [-0.1, -0.05) is 12.2 Å². The van der Waals surface area contributed by atoms with Crippen molar-refractivity contribution in [1.29, 1.82) is 0 Å². The van der Waals surface area contributed by atoms with E-state index in [4.69, 9.17) is 9.26 Å².